The van der Waals surface area contributed by atoms with Crippen LogP contribution in [0.5, 0.6) is 0 Å². The summed E-state index contributed by atoms with van der Waals surface area (Å²) >= 11 is 2.48. The molecule has 2 atom stereocenters. The van der Waals surface area contributed by atoms with Crippen molar-refractivity contribution in [1.82, 2.24) is 9.62 Å². The van der Waals surface area contributed by atoms with Crippen molar-refractivity contribution in [3.05, 3.63) is 59.7 Å². The smallest absolute Gasteiger partial charge is 0.0536 e. The molecule has 2 aromatic rings. The van der Waals surface area contributed by atoms with Crippen LogP contribution in [0.4, 0.5) is 11.4 Å². The normalized spacial score (nSPS) is 15.8. The Morgan fingerprint density at radius 2 is 1.22 bits per heavy atom. The van der Waals surface area contributed by atoms with E-state index < -0.39 is 0 Å². The molecular weight excluding hydrogens is 641 g/mol. The number of anilines is 2. The van der Waals surface area contributed by atoms with Gasteiger partial charge in [-0.1, -0.05) is 0 Å². The van der Waals surface area contributed by atoms with Gasteiger partial charge in [-0.3, -0.25) is 0 Å². The number of rotatable bonds is 8. The second-order valence-corrected chi connectivity index (χ2v) is 12.1. The molecule has 1 aliphatic rings. The van der Waals surface area contributed by atoms with Gasteiger partial charge in [0.15, 0.2) is 0 Å². The molecule has 2 N–H and O–H groups in total. The minimum Gasteiger partial charge on any atom is -0.393 e. The predicted molar refractivity (Wildman–Crippen MR) is 157 cm³/mol. The summed E-state index contributed by atoms with van der Waals surface area (Å²) in [4.78, 5) is 9.46. The molecule has 0 aromatic heterocycles. The van der Waals surface area contributed by atoms with Crippen molar-refractivity contribution in [2.45, 2.75) is 72.0 Å². The first-order valence-electron chi connectivity index (χ1n) is 13.1. The maximum atomic E-state index is 8.56. The Morgan fingerprint density at radius 3 is 1.57 bits per heavy atom. The zero-order valence-corrected chi connectivity index (χ0v) is 26.5. The average molecular weight is 686 g/mol. The van der Waals surface area contributed by atoms with E-state index in [0.29, 0.717) is 18.3 Å². The molecule has 0 amide bonds. The second-order valence-electron chi connectivity index (χ2n) is 11.1. The minimum atomic E-state index is -0.375. The summed E-state index contributed by atoms with van der Waals surface area (Å²) in [5.41, 5.74) is 5.01. The number of nitrogens with zero attached hydrogens (tertiary/aromatic N) is 4. The molecule has 2 unspecified atom stereocenters. The van der Waals surface area contributed by atoms with Gasteiger partial charge in [0.25, 0.3) is 0 Å². The number of aliphatic hydroxyl groups excluding tert-OH is 2. The molecule has 1 saturated heterocycles. The van der Waals surface area contributed by atoms with Crippen LogP contribution in [0, 0.1) is 6.07 Å². The van der Waals surface area contributed by atoms with E-state index in [9.17, 15) is 0 Å². The fourth-order valence-electron chi connectivity index (χ4n) is 4.52. The molecule has 1 aliphatic heterocycles. The maximum absolute atomic E-state index is 8.56. The first kappa shape index (κ1) is 31.8. The quantitative estimate of drug-likeness (QED) is 0.324. The zero-order valence-electron chi connectivity index (χ0n) is 24.2. The molecule has 9 heteroatoms. The van der Waals surface area contributed by atoms with Crippen molar-refractivity contribution in [2.24, 2.45) is 0 Å². The standard InChI is InChI=1S/C23H33B2N4.C5H12O2.Pt/c1-18(2)20-9-13-22(14-10-20)28-17-29(25(27(7)8)24(28)26(5)6)23-15-11-21(12-16-23)19(3)4;1-4(6)3-5(2)7;/h9-15,18-19H,1-8H3;4-7H,3H2,1-2H3;/q-1;;. The summed E-state index contributed by atoms with van der Waals surface area (Å²) in [6.45, 7) is 12.6. The van der Waals surface area contributed by atoms with Crippen molar-refractivity contribution in [3.8, 4) is 0 Å². The van der Waals surface area contributed by atoms with Crippen molar-refractivity contribution >= 4 is 29.3 Å². The van der Waals surface area contributed by atoms with E-state index in [2.05, 4.69) is 143 Å². The summed E-state index contributed by atoms with van der Waals surface area (Å²) in [7, 11) is 8.64. The van der Waals surface area contributed by atoms with Gasteiger partial charge in [-0.05, 0) is 20.3 Å². The molecule has 6 nitrogen and oxygen atoms in total. The van der Waals surface area contributed by atoms with Crippen LogP contribution in [0.1, 0.15) is 70.9 Å². The molecule has 2 aromatic carbocycles. The second kappa shape index (κ2) is 14.1. The summed E-state index contributed by atoms with van der Waals surface area (Å²) in [6, 6.07) is 19.2. The molecule has 37 heavy (non-hydrogen) atoms. The molecular formula is C28H45B2N4O2Pt-. The molecule has 0 radical (unpaired) electrons. The van der Waals surface area contributed by atoms with Gasteiger partial charge in [0.1, 0.15) is 0 Å². The third kappa shape index (κ3) is 8.27. The van der Waals surface area contributed by atoms with Crippen LogP contribution in [0.25, 0.3) is 0 Å². The Balaban J connectivity index is 0.000000604. The average Bonchev–Trinajstić information content (AvgIpc) is 3.12. The third-order valence-electron chi connectivity index (χ3n) is 6.49. The molecule has 206 valence electrons. The van der Waals surface area contributed by atoms with Gasteiger partial charge in [0.05, 0.1) is 12.2 Å². The molecule has 3 rings (SSSR count). The molecule has 0 aliphatic carbocycles. The molecule has 1 heterocycles. The van der Waals surface area contributed by atoms with Crippen LogP contribution < -0.4 is 9.62 Å². The topological polar surface area (TPSA) is 53.4 Å². The Kier molecular flexibility index (Phi) is 12.1. The van der Waals surface area contributed by atoms with E-state index in [1.807, 2.05) is 0 Å². The van der Waals surface area contributed by atoms with E-state index in [1.165, 1.54) is 21.0 Å². The predicted octanol–water partition coefficient (Wildman–Crippen LogP) is 4.01. The summed E-state index contributed by atoms with van der Waals surface area (Å²) in [5, 5.41) is 17.1. The largest absolute Gasteiger partial charge is 0.393 e. The van der Waals surface area contributed by atoms with Crippen LogP contribution in [0.2, 0.25) is 0 Å². The number of benzene rings is 2. The summed E-state index contributed by atoms with van der Waals surface area (Å²) < 4.78 is 1.19. The van der Waals surface area contributed by atoms with Gasteiger partial charge < -0.3 is 10.2 Å². The number of hydrogen-bond acceptors (Lipinski definition) is 6. The van der Waals surface area contributed by atoms with Gasteiger partial charge in [-0.2, -0.15) is 0 Å². The fraction of sp³-hybridized carbons (Fsp3) is 0.536. The van der Waals surface area contributed by atoms with Crippen LogP contribution >= 0.6 is 0 Å². The molecule has 0 spiro atoms. The Morgan fingerprint density at radius 1 is 0.757 bits per heavy atom. The van der Waals surface area contributed by atoms with E-state index in [1.54, 1.807) is 13.8 Å². The monoisotopic (exact) mass is 686 g/mol. The van der Waals surface area contributed by atoms with Crippen LogP contribution in [-0.4, -0.2) is 78.1 Å². The minimum absolute atomic E-state index is 0.165. The number of hydrogen-bond donors (Lipinski definition) is 2. The Hall–Kier alpha value is -1.43. The van der Waals surface area contributed by atoms with Crippen LogP contribution in [0.3, 0.4) is 0 Å². The van der Waals surface area contributed by atoms with E-state index in [0.717, 1.165) is 5.69 Å². The van der Waals surface area contributed by atoms with Gasteiger partial charge in [-0.15, -0.1) is 0 Å². The van der Waals surface area contributed by atoms with E-state index in [4.69, 9.17) is 10.2 Å². The van der Waals surface area contributed by atoms with E-state index in [-0.39, 0.29) is 26.0 Å². The van der Waals surface area contributed by atoms with Crippen molar-refractivity contribution in [2.75, 3.05) is 37.8 Å². The Labute approximate surface area is 237 Å². The maximum Gasteiger partial charge on any atom is 0.0536 e. The first-order valence-corrected chi connectivity index (χ1v) is 14.3. The molecule has 0 bridgehead atoms. The number of aliphatic hydroxyl groups is 2. The van der Waals surface area contributed by atoms with Crippen LogP contribution in [0.15, 0.2) is 42.5 Å². The van der Waals surface area contributed by atoms with E-state index >= 15 is 0 Å². The summed E-state index contributed by atoms with van der Waals surface area (Å²) in [5.74, 6) is 1.04. The van der Waals surface area contributed by atoms with Gasteiger partial charge in [0.2, 0.25) is 0 Å². The van der Waals surface area contributed by atoms with Gasteiger partial charge >= 0.3 is 195 Å². The van der Waals surface area contributed by atoms with Crippen molar-refractivity contribution in [3.63, 3.8) is 0 Å². The van der Waals surface area contributed by atoms with Crippen molar-refractivity contribution < 1.29 is 29.6 Å². The van der Waals surface area contributed by atoms with Crippen molar-refractivity contribution in [1.29, 1.82) is 0 Å². The fourth-order valence-corrected chi connectivity index (χ4v) is 5.68. The Bertz CT molecular complexity index is 905. The zero-order chi connectivity index (χ0) is 28.0. The molecule has 1 fully saturated rings. The first-order chi connectivity index (χ1) is 17.3. The van der Waals surface area contributed by atoms with Gasteiger partial charge in [0, 0.05) is 0 Å². The van der Waals surface area contributed by atoms with Crippen LogP contribution in [-0.2, 0) is 19.4 Å². The summed E-state index contributed by atoms with van der Waals surface area (Å²) in [6.07, 6.45) is -0.278. The third-order valence-corrected chi connectivity index (χ3v) is 7.58. The SMILES string of the molecule is CC(C)c1c[c-]c(N2B(N(C)C)B(N(C)C)N(c3ccc(C(C)C)cc3)[C]2=[Pt])cc1.CC(O)CC(C)O. The molecule has 0 saturated carbocycles. The van der Waals surface area contributed by atoms with Gasteiger partial charge in [-0.25, -0.2) is 0 Å².